The average molecular weight is 343 g/mol. The van der Waals surface area contributed by atoms with Crippen molar-refractivity contribution in [2.24, 2.45) is 5.41 Å². The molecule has 2 saturated heterocycles. The van der Waals surface area contributed by atoms with Gasteiger partial charge >= 0.3 is 0 Å². The minimum absolute atomic E-state index is 0.0656. The van der Waals surface area contributed by atoms with Gasteiger partial charge in [-0.15, -0.1) is 0 Å². The summed E-state index contributed by atoms with van der Waals surface area (Å²) in [4.78, 5) is 31.2. The maximum Gasteiger partial charge on any atom is 0.253 e. The summed E-state index contributed by atoms with van der Waals surface area (Å²) in [5.41, 5.74) is 1.57. The van der Waals surface area contributed by atoms with Crippen LogP contribution in [-0.4, -0.2) is 60.9 Å². The van der Waals surface area contributed by atoms with E-state index in [4.69, 9.17) is 0 Å². The molecule has 2 heterocycles. The fourth-order valence-corrected chi connectivity index (χ4v) is 3.56. The largest absolute Gasteiger partial charge is 0.372 e. The van der Waals surface area contributed by atoms with E-state index in [2.05, 4.69) is 17.0 Å². The van der Waals surface area contributed by atoms with Gasteiger partial charge in [-0.25, -0.2) is 0 Å². The summed E-state index contributed by atoms with van der Waals surface area (Å²) in [7, 11) is 0. The highest BCUT2D eigenvalue weighted by atomic mass is 16.2. The number of hydrogen-bond acceptors (Lipinski definition) is 3. The van der Waals surface area contributed by atoms with Crippen molar-refractivity contribution in [2.45, 2.75) is 33.6 Å². The highest BCUT2D eigenvalue weighted by Crippen LogP contribution is 2.22. The number of carbonyl (C=O) groups is 2. The zero-order chi connectivity index (χ0) is 18.0. The summed E-state index contributed by atoms with van der Waals surface area (Å²) < 4.78 is 0. The molecular formula is C20H29N3O2. The summed E-state index contributed by atoms with van der Waals surface area (Å²) in [6, 6.07) is 7.97. The second-order valence-corrected chi connectivity index (χ2v) is 8.08. The number of benzene rings is 1. The lowest BCUT2D eigenvalue weighted by Crippen LogP contribution is -2.53. The van der Waals surface area contributed by atoms with Gasteiger partial charge in [0.2, 0.25) is 5.91 Å². The van der Waals surface area contributed by atoms with E-state index >= 15 is 0 Å². The van der Waals surface area contributed by atoms with Gasteiger partial charge in [0.1, 0.15) is 0 Å². The second-order valence-electron chi connectivity index (χ2n) is 8.08. The quantitative estimate of drug-likeness (QED) is 0.829. The molecule has 1 aromatic rings. The molecule has 2 amide bonds. The number of carbonyl (C=O) groups excluding carboxylic acids is 2. The third kappa shape index (κ3) is 3.97. The topological polar surface area (TPSA) is 43.9 Å². The molecule has 2 aliphatic heterocycles. The van der Waals surface area contributed by atoms with E-state index in [9.17, 15) is 9.59 Å². The van der Waals surface area contributed by atoms with Gasteiger partial charge < -0.3 is 14.7 Å². The highest BCUT2D eigenvalue weighted by molar-refractivity contribution is 5.94. The van der Waals surface area contributed by atoms with E-state index in [0.29, 0.717) is 26.2 Å². The molecule has 0 N–H and O–H groups in total. The molecule has 136 valence electrons. The number of amides is 2. The van der Waals surface area contributed by atoms with Crippen LogP contribution in [0.5, 0.6) is 0 Å². The minimum Gasteiger partial charge on any atom is -0.372 e. The molecule has 1 aromatic carbocycles. The van der Waals surface area contributed by atoms with Crippen LogP contribution in [0, 0.1) is 5.41 Å². The summed E-state index contributed by atoms with van der Waals surface area (Å²) in [5.74, 6) is 0.227. The first-order valence-corrected chi connectivity index (χ1v) is 9.30. The lowest BCUT2D eigenvalue weighted by atomic mass is 9.94. The predicted octanol–water partition coefficient (Wildman–Crippen LogP) is 2.62. The minimum atomic E-state index is -0.364. The molecule has 0 saturated carbocycles. The van der Waals surface area contributed by atoms with Gasteiger partial charge in [-0.2, -0.15) is 0 Å². The summed E-state index contributed by atoms with van der Waals surface area (Å²) >= 11 is 0. The van der Waals surface area contributed by atoms with Crippen LogP contribution in [0.4, 0.5) is 5.69 Å². The number of rotatable bonds is 2. The molecule has 0 spiro atoms. The maximum atomic E-state index is 12.7. The smallest absolute Gasteiger partial charge is 0.253 e. The molecule has 3 rings (SSSR count). The van der Waals surface area contributed by atoms with Gasteiger partial charge in [-0.05, 0) is 37.1 Å². The number of piperazine rings is 1. The fourth-order valence-electron chi connectivity index (χ4n) is 3.56. The third-order valence-electron chi connectivity index (χ3n) is 5.08. The summed E-state index contributed by atoms with van der Waals surface area (Å²) in [6.07, 6.45) is 2.50. The Labute approximate surface area is 150 Å². The second kappa shape index (κ2) is 7.06. The highest BCUT2D eigenvalue weighted by Gasteiger charge is 2.31. The van der Waals surface area contributed by atoms with Gasteiger partial charge in [-0.1, -0.05) is 20.8 Å². The van der Waals surface area contributed by atoms with Crippen LogP contribution in [0.1, 0.15) is 44.0 Å². The lowest BCUT2D eigenvalue weighted by molar-refractivity contribution is -0.140. The Morgan fingerprint density at radius 3 is 1.84 bits per heavy atom. The Hall–Kier alpha value is -2.04. The van der Waals surface area contributed by atoms with Crippen LogP contribution in [0.3, 0.4) is 0 Å². The Bertz CT molecular complexity index is 619. The summed E-state index contributed by atoms with van der Waals surface area (Å²) in [6.45, 7) is 10.5. The van der Waals surface area contributed by atoms with Crippen molar-refractivity contribution in [3.05, 3.63) is 29.8 Å². The maximum absolute atomic E-state index is 12.7. The molecule has 25 heavy (non-hydrogen) atoms. The van der Waals surface area contributed by atoms with Gasteiger partial charge in [0.05, 0.1) is 0 Å². The van der Waals surface area contributed by atoms with Crippen molar-refractivity contribution in [3.8, 4) is 0 Å². The van der Waals surface area contributed by atoms with Crippen LogP contribution < -0.4 is 4.90 Å². The number of hydrogen-bond donors (Lipinski definition) is 0. The van der Waals surface area contributed by atoms with Crippen molar-refractivity contribution in [1.82, 2.24) is 9.80 Å². The standard InChI is InChI=1S/C20H29N3O2/c1-20(2,3)19(25)23-14-12-22(13-15-23)18(24)16-6-8-17(9-7-16)21-10-4-5-11-21/h6-9H,4-5,10-15H2,1-3H3. The summed E-state index contributed by atoms with van der Waals surface area (Å²) in [5, 5.41) is 0. The van der Waals surface area contributed by atoms with E-state index in [0.717, 1.165) is 18.7 Å². The van der Waals surface area contributed by atoms with Gasteiger partial charge in [0, 0.05) is 55.9 Å². The molecule has 0 radical (unpaired) electrons. The zero-order valence-corrected chi connectivity index (χ0v) is 15.6. The third-order valence-corrected chi connectivity index (χ3v) is 5.08. The first-order chi connectivity index (χ1) is 11.9. The van der Waals surface area contributed by atoms with Crippen LogP contribution in [0.15, 0.2) is 24.3 Å². The van der Waals surface area contributed by atoms with E-state index in [1.54, 1.807) is 0 Å². The molecular weight excluding hydrogens is 314 g/mol. The molecule has 5 heteroatoms. The van der Waals surface area contributed by atoms with E-state index in [-0.39, 0.29) is 17.2 Å². The molecule has 0 atom stereocenters. The Balaban J connectivity index is 1.58. The normalized spacial score (nSPS) is 18.6. The number of nitrogens with zero attached hydrogens (tertiary/aromatic N) is 3. The predicted molar refractivity (Wildman–Crippen MR) is 99.8 cm³/mol. The van der Waals surface area contributed by atoms with Crippen molar-refractivity contribution in [3.63, 3.8) is 0 Å². The monoisotopic (exact) mass is 343 g/mol. The molecule has 0 aliphatic carbocycles. The first kappa shape index (κ1) is 17.8. The molecule has 0 aromatic heterocycles. The van der Waals surface area contributed by atoms with Gasteiger partial charge in [0.25, 0.3) is 5.91 Å². The molecule has 2 aliphatic rings. The van der Waals surface area contributed by atoms with E-state index in [1.807, 2.05) is 42.7 Å². The molecule has 2 fully saturated rings. The molecule has 5 nitrogen and oxygen atoms in total. The van der Waals surface area contributed by atoms with Crippen LogP contribution >= 0.6 is 0 Å². The van der Waals surface area contributed by atoms with Gasteiger partial charge in [0.15, 0.2) is 0 Å². The van der Waals surface area contributed by atoms with E-state index < -0.39 is 0 Å². The lowest BCUT2D eigenvalue weighted by Gasteiger charge is -2.37. The Morgan fingerprint density at radius 1 is 0.800 bits per heavy atom. The van der Waals surface area contributed by atoms with Gasteiger partial charge in [-0.3, -0.25) is 9.59 Å². The van der Waals surface area contributed by atoms with Crippen molar-refractivity contribution >= 4 is 17.5 Å². The number of anilines is 1. The van der Waals surface area contributed by atoms with E-state index in [1.165, 1.54) is 18.5 Å². The SMILES string of the molecule is CC(C)(C)C(=O)N1CCN(C(=O)c2ccc(N3CCCC3)cc2)CC1. The molecule has 0 bridgehead atoms. The van der Waals surface area contributed by atoms with Crippen LogP contribution in [0.25, 0.3) is 0 Å². The molecule has 0 unspecified atom stereocenters. The fraction of sp³-hybridized carbons (Fsp3) is 0.600. The van der Waals surface area contributed by atoms with Crippen LogP contribution in [0.2, 0.25) is 0 Å². The van der Waals surface area contributed by atoms with Crippen molar-refractivity contribution in [2.75, 3.05) is 44.2 Å². The first-order valence-electron chi connectivity index (χ1n) is 9.30. The zero-order valence-electron chi connectivity index (χ0n) is 15.6. The van der Waals surface area contributed by atoms with Crippen LogP contribution in [-0.2, 0) is 4.79 Å². The van der Waals surface area contributed by atoms with Crippen molar-refractivity contribution in [1.29, 1.82) is 0 Å². The average Bonchev–Trinajstić information content (AvgIpc) is 3.14. The van der Waals surface area contributed by atoms with Crippen molar-refractivity contribution < 1.29 is 9.59 Å². The Kier molecular flexibility index (Phi) is 5.02. The Morgan fingerprint density at radius 2 is 1.32 bits per heavy atom.